The number of pyridine rings is 1. The normalized spacial score (nSPS) is 11.1. The fourth-order valence-electron chi connectivity index (χ4n) is 2.18. The van der Waals surface area contributed by atoms with E-state index in [-0.39, 0.29) is 16.5 Å². The van der Waals surface area contributed by atoms with Gasteiger partial charge in [0.2, 0.25) is 10.0 Å². The summed E-state index contributed by atoms with van der Waals surface area (Å²) in [6.45, 7) is 0.508. The number of nitrogens with zero attached hydrogens (tertiary/aromatic N) is 3. The van der Waals surface area contributed by atoms with Gasteiger partial charge in [-0.3, -0.25) is 0 Å². The number of nitrogens with one attached hydrogen (secondary N) is 3. The molecule has 0 saturated heterocycles. The van der Waals surface area contributed by atoms with Gasteiger partial charge in [-0.25, -0.2) is 18.1 Å². The number of rotatable bonds is 8. The third-order valence-corrected chi connectivity index (χ3v) is 5.40. The molecule has 3 N–H and O–H groups in total. The molecule has 0 aliphatic carbocycles. The van der Waals surface area contributed by atoms with Gasteiger partial charge in [0.25, 0.3) is 0 Å². The van der Waals surface area contributed by atoms with Crippen molar-refractivity contribution in [2.24, 2.45) is 0 Å². The number of hydrogen-bond donors (Lipinski definition) is 3. The fourth-order valence-corrected chi connectivity index (χ4v) is 3.73. The van der Waals surface area contributed by atoms with Gasteiger partial charge in [-0.05, 0) is 36.4 Å². The quantitative estimate of drug-likeness (QED) is 0.495. The van der Waals surface area contributed by atoms with E-state index >= 15 is 0 Å². The van der Waals surface area contributed by atoms with E-state index in [4.69, 9.17) is 11.6 Å². The number of aromatic nitrogens is 3. The summed E-state index contributed by atoms with van der Waals surface area (Å²) >= 11 is 5.93. The van der Waals surface area contributed by atoms with E-state index in [0.29, 0.717) is 24.0 Å². The highest BCUT2D eigenvalue weighted by atomic mass is 35.5. The summed E-state index contributed by atoms with van der Waals surface area (Å²) in [5.41, 5.74) is 0. The largest absolute Gasteiger partial charge is 0.367 e. The molecule has 0 aliphatic heterocycles. The first-order chi connectivity index (χ1) is 13.0. The van der Waals surface area contributed by atoms with Crippen LogP contribution in [0.15, 0.2) is 65.7 Å². The molecule has 0 bridgehead atoms. The minimum Gasteiger partial charge on any atom is -0.367 e. The zero-order valence-electron chi connectivity index (χ0n) is 14.1. The molecule has 0 amide bonds. The lowest BCUT2D eigenvalue weighted by Crippen LogP contribution is -2.29. The van der Waals surface area contributed by atoms with Crippen LogP contribution in [-0.2, 0) is 10.0 Å². The minimum atomic E-state index is -3.66. The van der Waals surface area contributed by atoms with Crippen molar-refractivity contribution in [3.63, 3.8) is 0 Å². The van der Waals surface area contributed by atoms with E-state index < -0.39 is 10.0 Å². The van der Waals surface area contributed by atoms with Crippen LogP contribution in [0.25, 0.3) is 0 Å². The highest BCUT2D eigenvalue weighted by Crippen LogP contribution is 2.19. The number of hydrogen-bond acceptors (Lipinski definition) is 7. The Kier molecular flexibility index (Phi) is 6.17. The maximum absolute atomic E-state index is 12.2. The van der Waals surface area contributed by atoms with E-state index in [1.807, 2.05) is 18.2 Å². The van der Waals surface area contributed by atoms with Crippen molar-refractivity contribution >= 4 is 39.1 Å². The molecule has 0 fully saturated rings. The van der Waals surface area contributed by atoms with Crippen molar-refractivity contribution in [3.05, 3.63) is 65.8 Å². The number of anilines is 3. The van der Waals surface area contributed by atoms with Crippen molar-refractivity contribution in [1.29, 1.82) is 0 Å². The molecule has 0 spiro atoms. The average Bonchev–Trinajstić information content (AvgIpc) is 2.67. The monoisotopic (exact) mass is 404 g/mol. The van der Waals surface area contributed by atoms with E-state index in [1.165, 1.54) is 12.1 Å². The van der Waals surface area contributed by atoms with Crippen LogP contribution < -0.4 is 15.4 Å². The first-order valence-electron chi connectivity index (χ1n) is 8.04. The second-order valence-corrected chi connectivity index (χ2v) is 7.54. The summed E-state index contributed by atoms with van der Waals surface area (Å²) < 4.78 is 26.9. The molecule has 27 heavy (non-hydrogen) atoms. The SMILES string of the molecule is O=S(=O)(NCCNc1ccc(Nc2ccccn2)nn1)c1ccccc1Cl. The predicted octanol–water partition coefficient (Wildman–Crippen LogP) is 2.66. The Morgan fingerprint density at radius 1 is 0.852 bits per heavy atom. The molecule has 0 radical (unpaired) electrons. The summed E-state index contributed by atoms with van der Waals surface area (Å²) in [6, 6.07) is 15.3. The average molecular weight is 405 g/mol. The predicted molar refractivity (Wildman–Crippen MR) is 105 cm³/mol. The van der Waals surface area contributed by atoms with Crippen LogP contribution in [0.1, 0.15) is 0 Å². The lowest BCUT2D eigenvalue weighted by Gasteiger charge is -2.09. The highest BCUT2D eigenvalue weighted by Gasteiger charge is 2.16. The van der Waals surface area contributed by atoms with Gasteiger partial charge >= 0.3 is 0 Å². The van der Waals surface area contributed by atoms with Crippen LogP contribution >= 0.6 is 11.6 Å². The second-order valence-electron chi connectivity index (χ2n) is 5.40. The van der Waals surface area contributed by atoms with E-state index in [0.717, 1.165) is 0 Å². The lowest BCUT2D eigenvalue weighted by atomic mass is 10.4. The van der Waals surface area contributed by atoms with Gasteiger partial charge in [0, 0.05) is 19.3 Å². The maximum Gasteiger partial charge on any atom is 0.242 e. The summed E-state index contributed by atoms with van der Waals surface area (Å²) in [5, 5.41) is 14.3. The van der Waals surface area contributed by atoms with Crippen molar-refractivity contribution in [2.75, 3.05) is 23.7 Å². The van der Waals surface area contributed by atoms with Gasteiger partial charge in [-0.2, -0.15) is 0 Å². The number of halogens is 1. The molecule has 1 aromatic carbocycles. The van der Waals surface area contributed by atoms with Gasteiger partial charge in [0.1, 0.15) is 16.5 Å². The highest BCUT2D eigenvalue weighted by molar-refractivity contribution is 7.89. The van der Waals surface area contributed by atoms with E-state index in [1.54, 1.807) is 30.5 Å². The summed E-state index contributed by atoms with van der Waals surface area (Å²) in [4.78, 5) is 4.19. The third kappa shape index (κ3) is 5.36. The van der Waals surface area contributed by atoms with Crippen LogP contribution in [0.4, 0.5) is 17.5 Å². The summed E-state index contributed by atoms with van der Waals surface area (Å²) in [7, 11) is -3.66. The van der Waals surface area contributed by atoms with Gasteiger partial charge < -0.3 is 10.6 Å². The first kappa shape index (κ1) is 19.0. The van der Waals surface area contributed by atoms with Gasteiger partial charge in [0.05, 0.1) is 5.02 Å². The summed E-state index contributed by atoms with van der Waals surface area (Å²) in [6.07, 6.45) is 1.68. The fraction of sp³-hybridized carbons (Fsp3) is 0.118. The van der Waals surface area contributed by atoms with Crippen LogP contribution in [0, 0.1) is 0 Å². The Morgan fingerprint density at radius 3 is 2.30 bits per heavy atom. The molecule has 2 heterocycles. The molecule has 3 aromatic rings. The molecule has 0 unspecified atom stereocenters. The van der Waals surface area contributed by atoms with Crippen molar-refractivity contribution in [2.45, 2.75) is 4.90 Å². The molecule has 140 valence electrons. The van der Waals surface area contributed by atoms with Crippen LogP contribution in [-0.4, -0.2) is 36.7 Å². The topological polar surface area (TPSA) is 109 Å². The van der Waals surface area contributed by atoms with Gasteiger partial charge in [-0.1, -0.05) is 29.8 Å². The Bertz CT molecular complexity index is 984. The maximum atomic E-state index is 12.2. The van der Waals surface area contributed by atoms with E-state index in [9.17, 15) is 8.42 Å². The molecule has 10 heteroatoms. The van der Waals surface area contributed by atoms with Gasteiger partial charge in [0.15, 0.2) is 5.82 Å². The second kappa shape index (κ2) is 8.76. The molecule has 2 aromatic heterocycles. The smallest absolute Gasteiger partial charge is 0.242 e. The lowest BCUT2D eigenvalue weighted by molar-refractivity contribution is 0.583. The zero-order chi connectivity index (χ0) is 19.1. The standard InChI is InChI=1S/C17H17ClN6O2S/c18-13-5-1-2-6-14(13)27(25,26)21-12-11-20-16-8-9-17(24-23-16)22-15-7-3-4-10-19-15/h1-10,21H,11-12H2,(H,20,23)(H,19,22,24). The molecule has 3 rings (SSSR count). The zero-order valence-corrected chi connectivity index (χ0v) is 15.7. The number of benzene rings is 1. The van der Waals surface area contributed by atoms with E-state index in [2.05, 4.69) is 30.5 Å². The molecule has 0 saturated carbocycles. The molecule has 0 atom stereocenters. The number of sulfonamides is 1. The Hall–Kier alpha value is -2.75. The van der Waals surface area contributed by atoms with Crippen LogP contribution in [0.3, 0.4) is 0 Å². The van der Waals surface area contributed by atoms with Crippen molar-refractivity contribution in [1.82, 2.24) is 19.9 Å². The molecule has 8 nitrogen and oxygen atoms in total. The Morgan fingerprint density at radius 2 is 1.59 bits per heavy atom. The van der Waals surface area contributed by atoms with Crippen LogP contribution in [0.2, 0.25) is 5.02 Å². The van der Waals surface area contributed by atoms with Crippen molar-refractivity contribution in [3.8, 4) is 0 Å². The first-order valence-corrected chi connectivity index (χ1v) is 9.90. The van der Waals surface area contributed by atoms with Crippen molar-refractivity contribution < 1.29 is 8.42 Å². The molecular weight excluding hydrogens is 388 g/mol. The van der Waals surface area contributed by atoms with Crippen LogP contribution in [0.5, 0.6) is 0 Å². The van der Waals surface area contributed by atoms with Gasteiger partial charge in [-0.15, -0.1) is 10.2 Å². The Labute approximate surface area is 162 Å². The molecular formula is C17H17ClN6O2S. The molecule has 0 aliphatic rings. The Balaban J connectivity index is 1.49. The minimum absolute atomic E-state index is 0.0522. The third-order valence-electron chi connectivity index (χ3n) is 3.43. The summed E-state index contributed by atoms with van der Waals surface area (Å²) in [5.74, 6) is 1.75.